The molecule has 0 saturated carbocycles. The molecule has 0 amide bonds. The van der Waals surface area contributed by atoms with Gasteiger partial charge in [0, 0.05) is 122 Å². The lowest BCUT2D eigenvalue weighted by molar-refractivity contribution is 0.0325. The number of nitrogens with one attached hydrogen (secondary N) is 1. The second-order valence-electron chi connectivity index (χ2n) is 24.2. The number of fused-ring (bicyclic) bond motifs is 9. The highest BCUT2D eigenvalue weighted by Crippen LogP contribution is 2.37. The molecule has 9 aromatic rings. The minimum atomic E-state index is -0.626. The molecule has 22 heteroatoms. The smallest absolute Gasteiger partial charge is 0.419 e. The van der Waals surface area contributed by atoms with Crippen molar-refractivity contribution < 1.29 is 70.5 Å². The second kappa shape index (κ2) is 40.2. The van der Waals surface area contributed by atoms with Crippen molar-refractivity contribution in [3.8, 4) is 17.2 Å². The summed E-state index contributed by atoms with van der Waals surface area (Å²) < 4.78 is 87.8. The van der Waals surface area contributed by atoms with Crippen LogP contribution in [0.1, 0.15) is 77.2 Å². The first kappa shape index (κ1) is 82.6. The summed E-state index contributed by atoms with van der Waals surface area (Å²) in [6.07, 6.45) is 0.153. The highest BCUT2D eigenvalue weighted by Gasteiger charge is 2.25. The molecule has 19 nitrogen and oxygen atoms in total. The van der Waals surface area contributed by atoms with Crippen molar-refractivity contribution in [2.75, 3.05) is 169 Å². The Labute approximate surface area is 573 Å². The highest BCUT2D eigenvalue weighted by molar-refractivity contribution is 6.15. The Bertz CT molecular complexity index is 3630. The maximum Gasteiger partial charge on any atom is 0.419 e. The normalized spacial score (nSPS) is 11.2. The largest absolute Gasteiger partial charge is 0.491 e. The molecule has 3 aromatic heterocycles. The fourth-order valence-electron chi connectivity index (χ4n) is 9.84. The molecule has 0 saturated heterocycles. The summed E-state index contributed by atoms with van der Waals surface area (Å²) in [6.45, 7) is 18.5. The Balaban J connectivity index is 0.000000370. The number of halogens is 3. The van der Waals surface area contributed by atoms with Gasteiger partial charge in [-0.15, -0.1) is 12.4 Å². The van der Waals surface area contributed by atoms with Crippen LogP contribution in [0.25, 0.3) is 65.4 Å². The summed E-state index contributed by atoms with van der Waals surface area (Å²) >= 11 is 0. The minimum absolute atomic E-state index is 0. The first-order valence-corrected chi connectivity index (χ1v) is 31.3. The Kier molecular flexibility index (Phi) is 34.6. The molecule has 0 fully saturated rings. The average molecular weight is 1360 g/mol. The number of hydrogen-bond acceptors (Lipinski definition) is 16. The number of H-pyrrole nitrogens is 1. The van der Waals surface area contributed by atoms with E-state index in [1.165, 1.54) is 10.8 Å². The van der Waals surface area contributed by atoms with Gasteiger partial charge in [0.25, 0.3) is 0 Å². The number of carbonyl (C=O) groups excluding carboxylic acids is 2. The molecular weight excluding hydrogens is 1250 g/mol. The van der Waals surface area contributed by atoms with Gasteiger partial charge in [0.1, 0.15) is 61.6 Å². The predicted octanol–water partition coefficient (Wildman–Crippen LogP) is 16.6. The maximum atomic E-state index is 13.2. The molecule has 0 bridgehead atoms. The summed E-state index contributed by atoms with van der Waals surface area (Å²) in [5.41, 5.74) is 7.13. The Morgan fingerprint density at radius 2 is 0.667 bits per heavy atom. The number of hydrogen-bond donors (Lipinski definition) is 1. The fraction of sp³-hybridized carbons (Fsp3) is 0.486. The summed E-state index contributed by atoms with van der Waals surface area (Å²) in [4.78, 5) is 35.9. The molecule has 1 N–H and O–H groups in total. The van der Waals surface area contributed by atoms with E-state index in [9.17, 15) is 18.4 Å². The number of nitrogens with zero attached hydrogens (tertiary/aromatic N) is 5. The molecular formula is C74H107ClF2N6O13. The SMILES string of the molecule is C.C.C.CCCOCCOCCOc1ccc2c3ccc(N(C)C)cc3n(C(=O)OC(C)(C)C)c2c1.CN(C)c1ccc2c(c1)[nH]c1cc(OCCOCCOCC[18F])ccc12.CN(C)c1ccc2c3ccc(OCCOCCOCC[18F])cc3n(C(=O)OC(C)(C)C)c2c1.Cl. The van der Waals surface area contributed by atoms with Crippen LogP contribution in [0.15, 0.2) is 109 Å². The van der Waals surface area contributed by atoms with Crippen molar-refractivity contribution >= 4 is 107 Å². The first-order valence-electron chi connectivity index (χ1n) is 31.3. The van der Waals surface area contributed by atoms with Crippen molar-refractivity contribution in [3.05, 3.63) is 109 Å². The second-order valence-corrected chi connectivity index (χ2v) is 24.2. The summed E-state index contributed by atoms with van der Waals surface area (Å²) in [6, 6.07) is 36.1. The number of benzene rings is 6. The van der Waals surface area contributed by atoms with Crippen LogP contribution in [0, 0.1) is 0 Å². The first-order chi connectivity index (χ1) is 44.1. The molecule has 0 atom stereocenters. The van der Waals surface area contributed by atoms with Crippen molar-refractivity contribution in [2.24, 2.45) is 0 Å². The van der Waals surface area contributed by atoms with Crippen LogP contribution < -0.4 is 28.9 Å². The molecule has 6 aromatic carbocycles. The van der Waals surface area contributed by atoms with E-state index < -0.39 is 36.7 Å². The van der Waals surface area contributed by atoms with Gasteiger partial charge in [0.05, 0.1) is 100 Å². The van der Waals surface area contributed by atoms with E-state index in [0.29, 0.717) is 96.3 Å². The molecule has 0 radical (unpaired) electrons. The Hall–Kier alpha value is -7.63. The van der Waals surface area contributed by atoms with E-state index in [1.807, 2.05) is 179 Å². The zero-order valence-corrected chi connectivity index (χ0v) is 57.1. The van der Waals surface area contributed by atoms with E-state index in [4.69, 9.17) is 52.1 Å². The van der Waals surface area contributed by atoms with E-state index in [2.05, 4.69) is 41.1 Å². The molecule has 0 aliphatic heterocycles. The van der Waals surface area contributed by atoms with Crippen LogP contribution in [0.2, 0.25) is 0 Å². The quantitative estimate of drug-likeness (QED) is 0.0421. The van der Waals surface area contributed by atoms with Gasteiger partial charge in [-0.05, 0) is 121 Å². The predicted molar refractivity (Wildman–Crippen MR) is 392 cm³/mol. The molecule has 0 aliphatic carbocycles. The Morgan fingerprint density at radius 3 is 1.01 bits per heavy atom. The number of alkyl halides is 2. The monoisotopic (exact) mass is 1360 g/mol. The van der Waals surface area contributed by atoms with Crippen molar-refractivity contribution in [2.45, 2.75) is 88.4 Å². The Morgan fingerprint density at radius 1 is 0.385 bits per heavy atom. The summed E-state index contributed by atoms with van der Waals surface area (Å²) in [7, 11) is 11.9. The molecule has 0 unspecified atom stereocenters. The third kappa shape index (κ3) is 23.9. The third-order valence-electron chi connectivity index (χ3n) is 14.1. The lowest BCUT2D eigenvalue weighted by Gasteiger charge is -2.20. The average Bonchev–Trinajstić information content (AvgIpc) is 1.61. The molecule has 3 heterocycles. The van der Waals surface area contributed by atoms with Crippen LogP contribution in [-0.4, -0.2) is 192 Å². The van der Waals surface area contributed by atoms with Gasteiger partial charge in [-0.1, -0.05) is 47.4 Å². The minimum Gasteiger partial charge on any atom is -0.491 e. The standard InChI is InChI=1S/C26H36N2O5.C25H33FN2O5.C20H25FN2O3.3CH4.ClH/c1-7-12-30-13-14-31-15-16-32-20-9-11-22-21-10-8-19(27(5)6)17-23(21)28(24(22)18-20)25(29)33-26(2,3)4;1-25(2,3)33-24(29)28-22-16-18(27(4)5)6-8-20(22)21-9-7-19(17-23(21)28)32-15-14-31-13-12-30-11-10-26;1-23(2)15-3-5-17-18-6-4-16(14-20(18)22-19(17)13-15)26-12-11-25-10-9-24-8-7-21;;;;/h8-11,17-18H,7,12-16H2,1-6H3;6-9,16-17H,10-15H2,1-5H3;3-6,13-14,22H,7-12H2,1-2H3;3*1H4;1H/i;26-1;21-1;;;;. The summed E-state index contributed by atoms with van der Waals surface area (Å²) in [5, 5.41) is 6.24. The molecule has 96 heavy (non-hydrogen) atoms. The number of aromatic amines is 1. The van der Waals surface area contributed by atoms with Gasteiger partial charge in [-0.2, -0.15) is 0 Å². The van der Waals surface area contributed by atoms with Crippen LogP contribution in [-0.2, 0) is 37.9 Å². The summed E-state index contributed by atoms with van der Waals surface area (Å²) in [5.74, 6) is 2.10. The van der Waals surface area contributed by atoms with Crippen molar-refractivity contribution in [1.29, 1.82) is 0 Å². The number of carbonyl (C=O) groups is 2. The van der Waals surface area contributed by atoms with Gasteiger partial charge in [-0.3, -0.25) is 0 Å². The number of anilines is 3. The zero-order valence-electron chi connectivity index (χ0n) is 56.3. The van der Waals surface area contributed by atoms with Crippen LogP contribution in [0.4, 0.5) is 35.4 Å². The molecule has 532 valence electrons. The fourth-order valence-corrected chi connectivity index (χ4v) is 9.84. The van der Waals surface area contributed by atoms with Crippen molar-refractivity contribution in [1.82, 2.24) is 14.1 Å². The van der Waals surface area contributed by atoms with E-state index in [0.717, 1.165) is 85.0 Å². The lowest BCUT2D eigenvalue weighted by atomic mass is 10.1. The topological polar surface area (TPSA) is 171 Å². The van der Waals surface area contributed by atoms with E-state index >= 15 is 0 Å². The van der Waals surface area contributed by atoms with Gasteiger partial charge in [-0.25, -0.2) is 27.5 Å². The molecule has 0 aliphatic rings. The van der Waals surface area contributed by atoms with Gasteiger partial charge in [0.15, 0.2) is 0 Å². The van der Waals surface area contributed by atoms with Gasteiger partial charge < -0.3 is 71.8 Å². The van der Waals surface area contributed by atoms with Crippen molar-refractivity contribution in [3.63, 3.8) is 0 Å². The van der Waals surface area contributed by atoms with Crippen LogP contribution in [0.3, 0.4) is 0 Å². The number of rotatable bonds is 30. The van der Waals surface area contributed by atoms with E-state index in [-0.39, 0.29) is 47.9 Å². The molecule has 9 rings (SSSR count). The van der Waals surface area contributed by atoms with Crippen LogP contribution in [0.5, 0.6) is 17.2 Å². The lowest BCUT2D eigenvalue weighted by Crippen LogP contribution is -2.27. The maximum absolute atomic E-state index is 13.2. The number of ether oxygens (including phenoxy) is 11. The number of aromatic nitrogens is 3. The van der Waals surface area contributed by atoms with E-state index in [1.54, 1.807) is 9.13 Å². The van der Waals surface area contributed by atoms with Gasteiger partial charge in [0.2, 0.25) is 0 Å². The van der Waals surface area contributed by atoms with Gasteiger partial charge >= 0.3 is 12.2 Å². The third-order valence-corrected chi connectivity index (χ3v) is 14.1. The zero-order chi connectivity index (χ0) is 66.4. The molecule has 0 spiro atoms. The highest BCUT2D eigenvalue weighted by atomic mass is 35.5. The van der Waals surface area contributed by atoms with Crippen LogP contribution >= 0.6 is 12.4 Å².